The van der Waals surface area contributed by atoms with E-state index in [0.29, 0.717) is 18.7 Å². The number of nitrogens with zero attached hydrogens (tertiary/aromatic N) is 1. The van der Waals surface area contributed by atoms with E-state index in [4.69, 9.17) is 14.6 Å². The average Bonchev–Trinajstić information content (AvgIpc) is 2.65. The average molecular weight is 333 g/mol. The third kappa shape index (κ3) is 3.76. The van der Waals surface area contributed by atoms with Gasteiger partial charge in [-0.1, -0.05) is 25.0 Å². The minimum absolute atomic E-state index is 0.0760. The number of carbonyl (C=O) groups is 2. The number of benzene rings is 1. The van der Waals surface area contributed by atoms with Crippen molar-refractivity contribution in [3.8, 4) is 0 Å². The van der Waals surface area contributed by atoms with Gasteiger partial charge in [-0.05, 0) is 30.5 Å². The standard InChI is InChI=1S/C18H23NO5/c20-11-13-5-7-14(8-6-13)18(22)24-12-17(21)19-9-10-23-16-4-2-1-3-15(16)19/h5-8,15-16,20H,1-4,9-12H2/t15-,16+/m0/s1. The molecule has 1 saturated heterocycles. The van der Waals surface area contributed by atoms with Gasteiger partial charge in [0, 0.05) is 6.54 Å². The molecule has 2 aliphatic rings. The number of hydrogen-bond acceptors (Lipinski definition) is 5. The molecule has 0 aromatic heterocycles. The Hall–Kier alpha value is -1.92. The van der Waals surface area contributed by atoms with E-state index in [0.717, 1.165) is 31.2 Å². The quantitative estimate of drug-likeness (QED) is 0.845. The molecular formula is C18H23NO5. The fraction of sp³-hybridized carbons (Fsp3) is 0.556. The van der Waals surface area contributed by atoms with Crippen LogP contribution >= 0.6 is 0 Å². The van der Waals surface area contributed by atoms with Crippen molar-refractivity contribution in [3.05, 3.63) is 35.4 Å². The number of amides is 1. The van der Waals surface area contributed by atoms with Crippen LogP contribution in [0.3, 0.4) is 0 Å². The van der Waals surface area contributed by atoms with E-state index >= 15 is 0 Å². The number of rotatable bonds is 4. The highest BCUT2D eigenvalue weighted by molar-refractivity contribution is 5.91. The summed E-state index contributed by atoms with van der Waals surface area (Å²) >= 11 is 0. The maximum absolute atomic E-state index is 12.4. The Labute approximate surface area is 141 Å². The molecule has 2 atom stereocenters. The second kappa shape index (κ2) is 7.77. The molecule has 1 heterocycles. The van der Waals surface area contributed by atoms with Crippen molar-refractivity contribution in [2.24, 2.45) is 0 Å². The molecule has 1 aromatic rings. The van der Waals surface area contributed by atoms with E-state index in [1.807, 2.05) is 4.90 Å². The molecule has 24 heavy (non-hydrogen) atoms. The molecule has 130 valence electrons. The third-order valence-corrected chi connectivity index (χ3v) is 4.75. The van der Waals surface area contributed by atoms with Crippen molar-refractivity contribution in [1.82, 2.24) is 4.90 Å². The van der Waals surface area contributed by atoms with Crippen LogP contribution in [0, 0.1) is 0 Å². The Balaban J connectivity index is 1.55. The Kier molecular flexibility index (Phi) is 5.48. The number of hydrogen-bond donors (Lipinski definition) is 1. The molecule has 1 aliphatic heterocycles. The van der Waals surface area contributed by atoms with Crippen molar-refractivity contribution < 1.29 is 24.2 Å². The second-order valence-electron chi connectivity index (χ2n) is 6.28. The highest BCUT2D eigenvalue weighted by Crippen LogP contribution is 2.28. The summed E-state index contributed by atoms with van der Waals surface area (Å²) in [4.78, 5) is 26.3. The van der Waals surface area contributed by atoms with E-state index < -0.39 is 5.97 Å². The maximum Gasteiger partial charge on any atom is 0.338 e. The Morgan fingerprint density at radius 1 is 1.21 bits per heavy atom. The van der Waals surface area contributed by atoms with E-state index in [9.17, 15) is 9.59 Å². The number of carbonyl (C=O) groups excluding carboxylic acids is 2. The zero-order valence-electron chi connectivity index (χ0n) is 13.6. The molecule has 1 aliphatic carbocycles. The first-order chi connectivity index (χ1) is 11.7. The molecule has 0 spiro atoms. The van der Waals surface area contributed by atoms with Gasteiger partial charge in [-0.2, -0.15) is 0 Å². The Morgan fingerprint density at radius 3 is 2.71 bits per heavy atom. The zero-order valence-corrected chi connectivity index (χ0v) is 13.6. The van der Waals surface area contributed by atoms with Gasteiger partial charge in [0.2, 0.25) is 0 Å². The first kappa shape index (κ1) is 16.9. The summed E-state index contributed by atoms with van der Waals surface area (Å²) in [5.74, 6) is -0.683. The maximum atomic E-state index is 12.4. The minimum Gasteiger partial charge on any atom is -0.452 e. The lowest BCUT2D eigenvalue weighted by Gasteiger charge is -2.43. The summed E-state index contributed by atoms with van der Waals surface area (Å²) in [6, 6.07) is 6.61. The van der Waals surface area contributed by atoms with Crippen LogP contribution in [0.5, 0.6) is 0 Å². The summed E-state index contributed by atoms with van der Waals surface area (Å²) in [6.45, 7) is 0.781. The van der Waals surface area contributed by atoms with Crippen LogP contribution in [0.2, 0.25) is 0 Å². The van der Waals surface area contributed by atoms with Gasteiger partial charge in [0.1, 0.15) is 0 Å². The van der Waals surface area contributed by atoms with Crippen LogP contribution in [-0.4, -0.2) is 53.8 Å². The lowest BCUT2D eigenvalue weighted by atomic mass is 9.90. The molecule has 0 unspecified atom stereocenters. The molecule has 2 fully saturated rings. The summed E-state index contributed by atoms with van der Waals surface area (Å²) < 4.78 is 10.9. The van der Waals surface area contributed by atoms with Crippen molar-refractivity contribution in [2.45, 2.75) is 44.4 Å². The molecule has 3 rings (SSSR count). The molecule has 1 amide bonds. The SMILES string of the molecule is O=C(OCC(=O)N1CCO[C@@H]2CCCC[C@@H]21)c1ccc(CO)cc1. The van der Waals surface area contributed by atoms with Crippen LogP contribution in [0.25, 0.3) is 0 Å². The van der Waals surface area contributed by atoms with Crippen LogP contribution < -0.4 is 0 Å². The van der Waals surface area contributed by atoms with Gasteiger partial charge in [0.05, 0.1) is 30.9 Å². The second-order valence-corrected chi connectivity index (χ2v) is 6.28. The van der Waals surface area contributed by atoms with Gasteiger partial charge in [0.15, 0.2) is 6.61 Å². The van der Waals surface area contributed by atoms with Crippen LogP contribution in [0.4, 0.5) is 0 Å². The molecule has 1 aromatic carbocycles. The lowest BCUT2D eigenvalue weighted by Crippen LogP contribution is -2.55. The van der Waals surface area contributed by atoms with Crippen LogP contribution in [0.15, 0.2) is 24.3 Å². The molecule has 0 radical (unpaired) electrons. The van der Waals surface area contributed by atoms with E-state index in [1.165, 1.54) is 0 Å². The van der Waals surface area contributed by atoms with E-state index in [2.05, 4.69) is 0 Å². The van der Waals surface area contributed by atoms with Crippen molar-refractivity contribution >= 4 is 11.9 Å². The van der Waals surface area contributed by atoms with Gasteiger partial charge >= 0.3 is 5.97 Å². The highest BCUT2D eigenvalue weighted by Gasteiger charge is 2.36. The van der Waals surface area contributed by atoms with Gasteiger partial charge < -0.3 is 19.5 Å². The molecule has 6 heteroatoms. The molecule has 6 nitrogen and oxygen atoms in total. The molecular weight excluding hydrogens is 310 g/mol. The fourth-order valence-electron chi connectivity index (χ4n) is 3.45. The summed E-state index contributed by atoms with van der Waals surface area (Å²) in [7, 11) is 0. The number of morpholine rings is 1. The number of ether oxygens (including phenoxy) is 2. The van der Waals surface area contributed by atoms with Crippen molar-refractivity contribution in [1.29, 1.82) is 0 Å². The summed E-state index contributed by atoms with van der Waals surface area (Å²) in [5, 5.41) is 9.01. The molecule has 1 N–H and O–H groups in total. The smallest absolute Gasteiger partial charge is 0.338 e. The number of fused-ring (bicyclic) bond motifs is 1. The summed E-state index contributed by atoms with van der Waals surface area (Å²) in [6.07, 6.45) is 4.31. The number of aliphatic hydroxyl groups excluding tert-OH is 1. The molecule has 1 saturated carbocycles. The van der Waals surface area contributed by atoms with Gasteiger partial charge in [-0.25, -0.2) is 4.79 Å². The van der Waals surface area contributed by atoms with Gasteiger partial charge in [0.25, 0.3) is 5.91 Å². The fourth-order valence-corrected chi connectivity index (χ4v) is 3.45. The normalized spacial score (nSPS) is 23.5. The predicted octanol–water partition coefficient (Wildman–Crippen LogP) is 1.51. The van der Waals surface area contributed by atoms with Gasteiger partial charge in [-0.15, -0.1) is 0 Å². The Morgan fingerprint density at radius 2 is 1.96 bits per heavy atom. The topological polar surface area (TPSA) is 76.1 Å². The first-order valence-electron chi connectivity index (χ1n) is 8.47. The zero-order chi connectivity index (χ0) is 16.9. The number of esters is 1. The highest BCUT2D eigenvalue weighted by atomic mass is 16.5. The van der Waals surface area contributed by atoms with Crippen LogP contribution in [-0.2, 0) is 20.9 Å². The lowest BCUT2D eigenvalue weighted by molar-refractivity contribution is -0.152. The van der Waals surface area contributed by atoms with E-state index in [1.54, 1.807) is 24.3 Å². The first-order valence-corrected chi connectivity index (χ1v) is 8.47. The predicted molar refractivity (Wildman–Crippen MR) is 86.4 cm³/mol. The largest absolute Gasteiger partial charge is 0.452 e. The van der Waals surface area contributed by atoms with Gasteiger partial charge in [-0.3, -0.25) is 4.79 Å². The van der Waals surface area contributed by atoms with Crippen LogP contribution in [0.1, 0.15) is 41.6 Å². The molecule has 0 bridgehead atoms. The Bertz CT molecular complexity index is 584. The minimum atomic E-state index is -0.527. The van der Waals surface area contributed by atoms with E-state index in [-0.39, 0.29) is 31.3 Å². The third-order valence-electron chi connectivity index (χ3n) is 4.75. The van der Waals surface area contributed by atoms with Crippen molar-refractivity contribution in [2.75, 3.05) is 19.8 Å². The van der Waals surface area contributed by atoms with Crippen molar-refractivity contribution in [3.63, 3.8) is 0 Å². The number of aliphatic hydroxyl groups is 1. The monoisotopic (exact) mass is 333 g/mol. The summed E-state index contributed by atoms with van der Waals surface area (Å²) in [5.41, 5.74) is 1.09.